The Labute approximate surface area is 110 Å². The lowest BCUT2D eigenvalue weighted by Crippen LogP contribution is -2.21. The summed E-state index contributed by atoms with van der Waals surface area (Å²) in [7, 11) is 2.07. The number of halogens is 1. The van der Waals surface area contributed by atoms with Crippen LogP contribution in [0.15, 0.2) is 34.9 Å². The van der Waals surface area contributed by atoms with Gasteiger partial charge in [-0.15, -0.1) is 0 Å². The highest BCUT2D eigenvalue weighted by atomic mass is 19.1. The van der Waals surface area contributed by atoms with E-state index in [0.717, 1.165) is 25.1 Å². The quantitative estimate of drug-likeness (QED) is 0.852. The highest BCUT2D eigenvalue weighted by Crippen LogP contribution is 2.23. The minimum absolute atomic E-state index is 0.163. The number of likely N-dealkylation sites (tertiary alicyclic amines) is 1. The average molecular weight is 262 g/mol. The number of rotatable bonds is 3. The highest BCUT2D eigenvalue weighted by molar-refractivity contribution is 5.53. The van der Waals surface area contributed by atoms with E-state index in [-0.39, 0.29) is 11.9 Å². The molecule has 1 aliphatic heterocycles. The Morgan fingerprint density at radius 2 is 2.16 bits per heavy atom. The van der Waals surface area contributed by atoms with E-state index < -0.39 is 0 Å². The average Bonchev–Trinajstić information content (AvgIpc) is 3.00. The monoisotopic (exact) mass is 262 g/mol. The van der Waals surface area contributed by atoms with Crippen molar-refractivity contribution in [3.8, 4) is 17.3 Å². The first-order valence-corrected chi connectivity index (χ1v) is 6.27. The summed E-state index contributed by atoms with van der Waals surface area (Å²) in [5.74, 6) is 0.654. The molecule has 1 atom stereocenters. The van der Waals surface area contributed by atoms with Gasteiger partial charge >= 0.3 is 0 Å². The van der Waals surface area contributed by atoms with Crippen LogP contribution in [0.2, 0.25) is 0 Å². The van der Waals surface area contributed by atoms with Crippen molar-refractivity contribution >= 4 is 0 Å². The van der Waals surface area contributed by atoms with Crippen molar-refractivity contribution in [1.29, 1.82) is 0 Å². The lowest BCUT2D eigenvalue weighted by atomic mass is 10.2. The first kappa shape index (κ1) is 12.2. The second-order valence-electron chi connectivity index (χ2n) is 4.79. The molecule has 100 valence electrons. The highest BCUT2D eigenvalue weighted by Gasteiger charge is 2.22. The van der Waals surface area contributed by atoms with E-state index in [2.05, 4.69) is 16.9 Å². The molecule has 0 aliphatic carbocycles. The van der Waals surface area contributed by atoms with Gasteiger partial charge in [0.05, 0.1) is 0 Å². The number of hydrogen-bond donors (Lipinski definition) is 0. The zero-order valence-corrected chi connectivity index (χ0v) is 10.7. The van der Waals surface area contributed by atoms with Crippen LogP contribution in [0.1, 0.15) is 6.42 Å². The Kier molecular flexibility index (Phi) is 3.21. The second-order valence-corrected chi connectivity index (χ2v) is 4.79. The Balaban J connectivity index is 1.71. The summed E-state index contributed by atoms with van der Waals surface area (Å²) in [4.78, 5) is 6.48. The number of benzene rings is 1. The summed E-state index contributed by atoms with van der Waals surface area (Å²) in [5.41, 5.74) is 0.736. The maximum Gasteiger partial charge on any atom is 0.253 e. The largest absolute Gasteiger partial charge is 0.471 e. The van der Waals surface area contributed by atoms with Crippen molar-refractivity contribution in [3.63, 3.8) is 0 Å². The van der Waals surface area contributed by atoms with E-state index in [1.807, 2.05) is 0 Å². The van der Waals surface area contributed by atoms with Crippen LogP contribution >= 0.6 is 0 Å². The van der Waals surface area contributed by atoms with E-state index in [4.69, 9.17) is 9.15 Å². The molecule has 4 nitrogen and oxygen atoms in total. The molecule has 2 heterocycles. The maximum atomic E-state index is 12.8. The number of aromatic nitrogens is 1. The summed E-state index contributed by atoms with van der Waals surface area (Å²) < 4.78 is 23.9. The van der Waals surface area contributed by atoms with Crippen LogP contribution in [0.5, 0.6) is 5.88 Å². The summed E-state index contributed by atoms with van der Waals surface area (Å²) in [6.07, 6.45) is 2.66. The molecular weight excluding hydrogens is 247 g/mol. The lowest BCUT2D eigenvalue weighted by molar-refractivity contribution is 0.200. The number of oxazole rings is 1. The minimum Gasteiger partial charge on any atom is -0.471 e. The molecule has 0 saturated carbocycles. The zero-order chi connectivity index (χ0) is 13.2. The lowest BCUT2D eigenvalue weighted by Gasteiger charge is -2.10. The van der Waals surface area contributed by atoms with Gasteiger partial charge in [-0.3, -0.25) is 0 Å². The van der Waals surface area contributed by atoms with Gasteiger partial charge in [0.1, 0.15) is 11.9 Å². The first-order valence-electron chi connectivity index (χ1n) is 6.27. The van der Waals surface area contributed by atoms with E-state index in [0.29, 0.717) is 11.8 Å². The number of nitrogens with zero attached hydrogens (tertiary/aromatic N) is 2. The smallest absolute Gasteiger partial charge is 0.253 e. The molecule has 2 aromatic rings. The van der Waals surface area contributed by atoms with E-state index in [9.17, 15) is 4.39 Å². The van der Waals surface area contributed by atoms with E-state index in [1.54, 1.807) is 12.1 Å². The van der Waals surface area contributed by atoms with Crippen molar-refractivity contribution in [3.05, 3.63) is 36.3 Å². The van der Waals surface area contributed by atoms with Gasteiger partial charge in [0.25, 0.3) is 5.88 Å². The van der Waals surface area contributed by atoms with Gasteiger partial charge in [-0.1, -0.05) is 0 Å². The number of ether oxygens (including phenoxy) is 1. The molecule has 1 unspecified atom stereocenters. The fraction of sp³-hybridized carbons (Fsp3) is 0.357. The molecule has 1 fully saturated rings. The first-order chi connectivity index (χ1) is 9.20. The summed E-state index contributed by atoms with van der Waals surface area (Å²) in [6.45, 7) is 1.94. The van der Waals surface area contributed by atoms with Crippen LogP contribution in [0.25, 0.3) is 11.5 Å². The molecule has 0 N–H and O–H groups in total. The third-order valence-electron chi connectivity index (χ3n) is 3.21. The topological polar surface area (TPSA) is 38.5 Å². The molecule has 1 aliphatic rings. The van der Waals surface area contributed by atoms with Gasteiger partial charge in [0, 0.05) is 18.7 Å². The molecule has 3 rings (SSSR count). The maximum absolute atomic E-state index is 12.8. The van der Waals surface area contributed by atoms with Gasteiger partial charge in [-0.2, -0.15) is 4.98 Å². The third kappa shape index (κ3) is 2.76. The van der Waals surface area contributed by atoms with Crippen molar-refractivity contribution < 1.29 is 13.5 Å². The molecule has 1 saturated heterocycles. The van der Waals surface area contributed by atoms with Crippen molar-refractivity contribution in [2.75, 3.05) is 20.1 Å². The van der Waals surface area contributed by atoms with Gasteiger partial charge < -0.3 is 14.1 Å². The predicted octanol–water partition coefficient (Wildman–Crippen LogP) is 2.56. The van der Waals surface area contributed by atoms with Gasteiger partial charge in [-0.05, 0) is 37.7 Å². The molecule has 0 radical (unpaired) electrons. The molecule has 0 spiro atoms. The minimum atomic E-state index is -0.277. The van der Waals surface area contributed by atoms with Crippen LogP contribution < -0.4 is 4.74 Å². The summed E-state index contributed by atoms with van der Waals surface area (Å²) in [5, 5.41) is 0. The SMILES string of the molecule is CN1CCC(Oc2coc(-c3ccc(F)cc3)n2)C1. The predicted molar refractivity (Wildman–Crippen MR) is 68.4 cm³/mol. The summed E-state index contributed by atoms with van der Waals surface area (Å²) in [6, 6.07) is 6.03. The Morgan fingerprint density at radius 3 is 2.84 bits per heavy atom. The molecule has 1 aromatic carbocycles. The zero-order valence-electron chi connectivity index (χ0n) is 10.7. The molecule has 0 amide bonds. The molecular formula is C14H15FN2O2. The van der Waals surface area contributed by atoms with Gasteiger partial charge in [0.15, 0.2) is 6.26 Å². The molecule has 19 heavy (non-hydrogen) atoms. The molecule has 5 heteroatoms. The van der Waals surface area contributed by atoms with E-state index >= 15 is 0 Å². The molecule has 1 aromatic heterocycles. The van der Waals surface area contributed by atoms with Crippen molar-refractivity contribution in [2.24, 2.45) is 0 Å². The van der Waals surface area contributed by atoms with Crippen LogP contribution in [0.4, 0.5) is 4.39 Å². The Bertz CT molecular complexity index is 553. The number of likely N-dealkylation sites (N-methyl/N-ethyl adjacent to an activating group) is 1. The molecule has 0 bridgehead atoms. The van der Waals surface area contributed by atoms with Crippen LogP contribution in [0.3, 0.4) is 0 Å². The van der Waals surface area contributed by atoms with Crippen molar-refractivity contribution in [2.45, 2.75) is 12.5 Å². The normalized spacial score (nSPS) is 19.8. The second kappa shape index (κ2) is 5.01. The van der Waals surface area contributed by atoms with Gasteiger partial charge in [0.2, 0.25) is 5.89 Å². The summed E-state index contributed by atoms with van der Waals surface area (Å²) >= 11 is 0. The Morgan fingerprint density at radius 1 is 1.37 bits per heavy atom. The third-order valence-corrected chi connectivity index (χ3v) is 3.21. The number of hydrogen-bond acceptors (Lipinski definition) is 4. The van der Waals surface area contributed by atoms with Crippen LogP contribution in [-0.2, 0) is 0 Å². The Hall–Kier alpha value is -1.88. The fourth-order valence-corrected chi connectivity index (χ4v) is 2.20. The van der Waals surface area contributed by atoms with Crippen molar-refractivity contribution in [1.82, 2.24) is 9.88 Å². The standard InChI is InChI=1S/C14H15FN2O2/c1-17-7-6-12(8-17)19-13-9-18-14(16-13)10-2-4-11(15)5-3-10/h2-5,9,12H,6-8H2,1H3. The van der Waals surface area contributed by atoms with Gasteiger partial charge in [-0.25, -0.2) is 4.39 Å². The van der Waals surface area contributed by atoms with E-state index in [1.165, 1.54) is 18.4 Å². The fourth-order valence-electron chi connectivity index (χ4n) is 2.20. The van der Waals surface area contributed by atoms with Crippen LogP contribution in [0, 0.1) is 5.82 Å². The van der Waals surface area contributed by atoms with Crippen LogP contribution in [-0.4, -0.2) is 36.1 Å².